The molecular formula is C20H15Br. The maximum absolute atomic E-state index is 3.73. The van der Waals surface area contributed by atoms with E-state index in [0.29, 0.717) is 5.92 Å². The van der Waals surface area contributed by atoms with Crippen molar-refractivity contribution in [2.45, 2.75) is 12.8 Å². The van der Waals surface area contributed by atoms with E-state index in [1.165, 1.54) is 37.5 Å². The Hall–Kier alpha value is -1.86. The van der Waals surface area contributed by atoms with Gasteiger partial charge in [-0.15, -0.1) is 0 Å². The van der Waals surface area contributed by atoms with Crippen molar-refractivity contribution in [3.8, 4) is 0 Å². The van der Waals surface area contributed by atoms with Crippen LogP contribution in [-0.4, -0.2) is 0 Å². The molecule has 1 heteroatoms. The molecule has 1 unspecified atom stereocenters. The Morgan fingerprint density at radius 2 is 1.67 bits per heavy atom. The molecule has 0 saturated heterocycles. The molecule has 0 heterocycles. The molecule has 4 rings (SSSR count). The van der Waals surface area contributed by atoms with Crippen LogP contribution in [-0.2, 0) is 0 Å². The molecule has 0 radical (unpaired) electrons. The first-order valence-electron chi connectivity index (χ1n) is 7.19. The van der Waals surface area contributed by atoms with Gasteiger partial charge in [-0.3, -0.25) is 0 Å². The quantitative estimate of drug-likeness (QED) is 0.500. The first kappa shape index (κ1) is 12.8. The van der Waals surface area contributed by atoms with Gasteiger partial charge in [-0.05, 0) is 40.5 Å². The number of allylic oxidation sites excluding steroid dienone is 1. The molecule has 0 N–H and O–H groups in total. The zero-order valence-electron chi connectivity index (χ0n) is 11.8. The second-order valence-electron chi connectivity index (χ2n) is 5.67. The van der Waals surface area contributed by atoms with Crippen molar-refractivity contribution in [1.29, 1.82) is 0 Å². The standard InChI is InChI=1S/C20H15Br/c1-13-11-16-7-4-8-18(21)20(16)19(13)17-10-9-14-5-2-3-6-15(14)12-17/h2-12,19H,1H3. The van der Waals surface area contributed by atoms with Gasteiger partial charge in [-0.25, -0.2) is 0 Å². The van der Waals surface area contributed by atoms with Gasteiger partial charge in [0.1, 0.15) is 0 Å². The highest BCUT2D eigenvalue weighted by atomic mass is 79.9. The molecule has 0 nitrogen and oxygen atoms in total. The van der Waals surface area contributed by atoms with Gasteiger partial charge in [0.05, 0.1) is 0 Å². The molecule has 0 amide bonds. The van der Waals surface area contributed by atoms with Crippen LogP contribution >= 0.6 is 15.9 Å². The van der Waals surface area contributed by atoms with E-state index >= 15 is 0 Å². The average molecular weight is 335 g/mol. The van der Waals surface area contributed by atoms with Crippen LogP contribution in [0.4, 0.5) is 0 Å². The molecule has 102 valence electrons. The van der Waals surface area contributed by atoms with Crippen LogP contribution in [0.1, 0.15) is 29.5 Å². The van der Waals surface area contributed by atoms with Gasteiger partial charge in [0, 0.05) is 10.4 Å². The first-order chi connectivity index (χ1) is 10.2. The highest BCUT2D eigenvalue weighted by molar-refractivity contribution is 9.10. The van der Waals surface area contributed by atoms with E-state index in [1.54, 1.807) is 0 Å². The second kappa shape index (κ2) is 4.85. The van der Waals surface area contributed by atoms with Crippen molar-refractivity contribution in [2.75, 3.05) is 0 Å². The van der Waals surface area contributed by atoms with E-state index in [-0.39, 0.29) is 0 Å². The van der Waals surface area contributed by atoms with Crippen LogP contribution in [0.25, 0.3) is 16.8 Å². The Labute approximate surface area is 133 Å². The molecule has 0 fully saturated rings. The van der Waals surface area contributed by atoms with E-state index in [9.17, 15) is 0 Å². The Kier molecular flexibility index (Phi) is 2.97. The maximum atomic E-state index is 3.73. The lowest BCUT2D eigenvalue weighted by Crippen LogP contribution is -2.00. The Morgan fingerprint density at radius 3 is 2.52 bits per heavy atom. The third-order valence-electron chi connectivity index (χ3n) is 4.32. The van der Waals surface area contributed by atoms with Gasteiger partial charge in [0.2, 0.25) is 0 Å². The average Bonchev–Trinajstić information content (AvgIpc) is 2.84. The van der Waals surface area contributed by atoms with Crippen molar-refractivity contribution in [2.24, 2.45) is 0 Å². The second-order valence-corrected chi connectivity index (χ2v) is 6.53. The Balaban J connectivity index is 1.92. The zero-order valence-corrected chi connectivity index (χ0v) is 13.4. The van der Waals surface area contributed by atoms with Gasteiger partial charge < -0.3 is 0 Å². The zero-order chi connectivity index (χ0) is 14.4. The van der Waals surface area contributed by atoms with Gasteiger partial charge in [-0.1, -0.05) is 82.2 Å². The van der Waals surface area contributed by atoms with Crippen molar-refractivity contribution in [1.82, 2.24) is 0 Å². The highest BCUT2D eigenvalue weighted by Gasteiger charge is 2.26. The third-order valence-corrected chi connectivity index (χ3v) is 5.01. The van der Waals surface area contributed by atoms with Gasteiger partial charge >= 0.3 is 0 Å². The highest BCUT2D eigenvalue weighted by Crippen LogP contribution is 2.44. The molecule has 0 aliphatic heterocycles. The minimum atomic E-state index is 0.361. The molecular weight excluding hydrogens is 320 g/mol. The van der Waals surface area contributed by atoms with Crippen LogP contribution in [0, 0.1) is 0 Å². The van der Waals surface area contributed by atoms with Gasteiger partial charge in [-0.2, -0.15) is 0 Å². The first-order valence-corrected chi connectivity index (χ1v) is 7.98. The van der Waals surface area contributed by atoms with Crippen LogP contribution in [0.15, 0.2) is 70.7 Å². The van der Waals surface area contributed by atoms with E-state index in [1.807, 2.05) is 0 Å². The lowest BCUT2D eigenvalue weighted by molar-refractivity contribution is 0.972. The molecule has 21 heavy (non-hydrogen) atoms. The Bertz CT molecular complexity index is 874. The number of hydrogen-bond donors (Lipinski definition) is 0. The largest absolute Gasteiger partial charge is 0.0616 e. The molecule has 1 aliphatic carbocycles. The summed E-state index contributed by atoms with van der Waals surface area (Å²) < 4.78 is 1.20. The fraction of sp³-hybridized carbons (Fsp3) is 0.100. The fourth-order valence-corrected chi connectivity index (χ4v) is 3.97. The fourth-order valence-electron chi connectivity index (χ4n) is 3.36. The maximum Gasteiger partial charge on any atom is 0.0316 e. The number of benzene rings is 3. The third kappa shape index (κ3) is 2.04. The lowest BCUT2D eigenvalue weighted by atomic mass is 9.88. The molecule has 3 aromatic rings. The molecule has 3 aromatic carbocycles. The summed E-state index contributed by atoms with van der Waals surface area (Å²) in [5.41, 5.74) is 5.51. The topological polar surface area (TPSA) is 0 Å². The molecule has 0 spiro atoms. The minimum absolute atomic E-state index is 0.361. The molecule has 0 bridgehead atoms. The summed E-state index contributed by atoms with van der Waals surface area (Å²) in [6, 6.07) is 21.8. The number of hydrogen-bond acceptors (Lipinski definition) is 0. The summed E-state index contributed by atoms with van der Waals surface area (Å²) in [4.78, 5) is 0. The summed E-state index contributed by atoms with van der Waals surface area (Å²) in [5.74, 6) is 0.361. The minimum Gasteiger partial charge on any atom is -0.0616 e. The molecule has 0 aromatic heterocycles. The molecule has 1 atom stereocenters. The van der Waals surface area contributed by atoms with Crippen molar-refractivity contribution < 1.29 is 0 Å². The van der Waals surface area contributed by atoms with Gasteiger partial charge in [0.25, 0.3) is 0 Å². The summed E-state index contributed by atoms with van der Waals surface area (Å²) in [5, 5.41) is 2.61. The van der Waals surface area contributed by atoms with Crippen LogP contribution in [0.5, 0.6) is 0 Å². The van der Waals surface area contributed by atoms with E-state index in [0.717, 1.165) is 0 Å². The summed E-state index contributed by atoms with van der Waals surface area (Å²) in [7, 11) is 0. The summed E-state index contributed by atoms with van der Waals surface area (Å²) >= 11 is 3.73. The summed E-state index contributed by atoms with van der Waals surface area (Å²) in [6.45, 7) is 2.23. The smallest absolute Gasteiger partial charge is 0.0316 e. The molecule has 1 aliphatic rings. The van der Waals surface area contributed by atoms with E-state index in [4.69, 9.17) is 0 Å². The van der Waals surface area contributed by atoms with Crippen LogP contribution < -0.4 is 0 Å². The normalized spacial score (nSPS) is 16.9. The number of fused-ring (bicyclic) bond motifs is 2. The van der Waals surface area contributed by atoms with Gasteiger partial charge in [0.15, 0.2) is 0 Å². The monoisotopic (exact) mass is 334 g/mol. The Morgan fingerprint density at radius 1 is 0.857 bits per heavy atom. The summed E-state index contributed by atoms with van der Waals surface area (Å²) in [6.07, 6.45) is 2.31. The van der Waals surface area contributed by atoms with Crippen molar-refractivity contribution >= 4 is 32.8 Å². The SMILES string of the molecule is CC1=Cc2cccc(Br)c2C1c1ccc2ccccc2c1. The van der Waals surface area contributed by atoms with E-state index < -0.39 is 0 Å². The molecule has 0 saturated carbocycles. The number of halogens is 1. The van der Waals surface area contributed by atoms with E-state index in [2.05, 4.69) is 89.6 Å². The lowest BCUT2D eigenvalue weighted by Gasteiger charge is -2.17. The van der Waals surface area contributed by atoms with Crippen molar-refractivity contribution in [3.05, 3.63) is 87.4 Å². The van der Waals surface area contributed by atoms with Crippen LogP contribution in [0.2, 0.25) is 0 Å². The predicted molar refractivity (Wildman–Crippen MR) is 93.6 cm³/mol. The van der Waals surface area contributed by atoms with Crippen LogP contribution in [0.3, 0.4) is 0 Å². The number of rotatable bonds is 1. The predicted octanol–water partition coefficient (Wildman–Crippen LogP) is 6.15. The van der Waals surface area contributed by atoms with Crippen molar-refractivity contribution in [3.63, 3.8) is 0 Å².